The number of amides is 1. The van der Waals surface area contributed by atoms with Gasteiger partial charge in [-0.1, -0.05) is 31.0 Å². The molecule has 0 atom stereocenters. The van der Waals surface area contributed by atoms with E-state index in [1.54, 1.807) is 25.1 Å². The van der Waals surface area contributed by atoms with Gasteiger partial charge in [-0.3, -0.25) is 4.79 Å². The fourth-order valence-corrected chi connectivity index (χ4v) is 4.41. The van der Waals surface area contributed by atoms with Gasteiger partial charge in [0, 0.05) is 12.5 Å². The number of hydrogen-bond donors (Lipinski definition) is 1. The van der Waals surface area contributed by atoms with Crippen molar-refractivity contribution in [1.29, 1.82) is 0 Å². The van der Waals surface area contributed by atoms with E-state index in [2.05, 4.69) is 5.32 Å². The minimum absolute atomic E-state index is 0.0722. The topological polar surface area (TPSA) is 63.2 Å². The third kappa shape index (κ3) is 4.30. The predicted octanol–water partition coefficient (Wildman–Crippen LogP) is 2.47. The lowest BCUT2D eigenvalue weighted by Gasteiger charge is -2.11. The number of benzene rings is 1. The van der Waals surface area contributed by atoms with E-state index in [0.29, 0.717) is 17.9 Å². The number of carbonyl (C=O) groups is 1. The maximum Gasteiger partial charge on any atom is 0.223 e. The Balaban J connectivity index is 1.80. The second-order valence-corrected chi connectivity index (χ2v) is 7.79. The van der Waals surface area contributed by atoms with Crippen LogP contribution in [0.4, 0.5) is 0 Å². The Hall–Kier alpha value is -1.36. The molecule has 0 saturated heterocycles. The van der Waals surface area contributed by atoms with Gasteiger partial charge in [-0.25, -0.2) is 8.42 Å². The lowest BCUT2D eigenvalue weighted by molar-refractivity contribution is -0.124. The van der Waals surface area contributed by atoms with Crippen molar-refractivity contribution in [2.24, 2.45) is 5.92 Å². The van der Waals surface area contributed by atoms with Crippen molar-refractivity contribution in [3.05, 3.63) is 29.8 Å². The van der Waals surface area contributed by atoms with Crippen LogP contribution in [0.1, 0.15) is 37.7 Å². The summed E-state index contributed by atoms with van der Waals surface area (Å²) in [4.78, 5) is 12.2. The van der Waals surface area contributed by atoms with Crippen molar-refractivity contribution in [1.82, 2.24) is 5.32 Å². The molecule has 0 heterocycles. The summed E-state index contributed by atoms with van der Waals surface area (Å²) in [5.41, 5.74) is 0.771. The monoisotopic (exact) mass is 309 g/mol. The van der Waals surface area contributed by atoms with E-state index in [1.165, 1.54) is 0 Å². The Morgan fingerprint density at radius 3 is 2.57 bits per heavy atom. The molecule has 1 fully saturated rings. The van der Waals surface area contributed by atoms with Crippen molar-refractivity contribution in [2.75, 3.05) is 12.3 Å². The van der Waals surface area contributed by atoms with Crippen LogP contribution in [0.25, 0.3) is 0 Å². The van der Waals surface area contributed by atoms with Gasteiger partial charge in [0.2, 0.25) is 5.91 Å². The van der Waals surface area contributed by atoms with E-state index < -0.39 is 9.84 Å². The maximum atomic E-state index is 12.2. The van der Waals surface area contributed by atoms with Crippen molar-refractivity contribution in [3.8, 4) is 0 Å². The molecule has 1 saturated carbocycles. The van der Waals surface area contributed by atoms with Crippen LogP contribution in [0.15, 0.2) is 29.2 Å². The maximum absolute atomic E-state index is 12.2. The summed E-state index contributed by atoms with van der Waals surface area (Å²) in [5, 5.41) is 2.86. The average molecular weight is 309 g/mol. The number of nitrogens with one attached hydrogen (secondary N) is 1. The minimum Gasteiger partial charge on any atom is -0.356 e. The van der Waals surface area contributed by atoms with Gasteiger partial charge in [0.05, 0.1) is 10.6 Å². The molecule has 0 bridgehead atoms. The van der Waals surface area contributed by atoms with E-state index >= 15 is 0 Å². The van der Waals surface area contributed by atoms with Crippen molar-refractivity contribution < 1.29 is 13.2 Å². The van der Waals surface area contributed by atoms with Gasteiger partial charge in [-0.15, -0.1) is 0 Å². The zero-order chi connectivity index (χ0) is 15.3. The Labute approximate surface area is 126 Å². The van der Waals surface area contributed by atoms with Gasteiger partial charge in [0.1, 0.15) is 0 Å². The highest BCUT2D eigenvalue weighted by atomic mass is 32.2. The average Bonchev–Trinajstić information content (AvgIpc) is 2.98. The number of rotatable bonds is 6. The van der Waals surface area contributed by atoms with Gasteiger partial charge in [-0.05, 0) is 37.8 Å². The standard InChI is InChI=1S/C16H23NO3S/c1-13-7-2-5-10-15(13)21(19,20)12-6-11-17-16(18)14-8-3-4-9-14/h2,5,7,10,14H,3-4,6,8-9,11-12H2,1H3,(H,17,18). The molecule has 0 aliphatic heterocycles. The van der Waals surface area contributed by atoms with Gasteiger partial charge in [0.25, 0.3) is 0 Å². The van der Waals surface area contributed by atoms with Crippen LogP contribution in [0.3, 0.4) is 0 Å². The van der Waals surface area contributed by atoms with Crippen LogP contribution >= 0.6 is 0 Å². The molecule has 0 unspecified atom stereocenters. The third-order valence-corrected chi connectivity index (χ3v) is 6.00. The molecule has 0 aromatic heterocycles. The largest absolute Gasteiger partial charge is 0.356 e. The highest BCUT2D eigenvalue weighted by Crippen LogP contribution is 2.24. The molecule has 0 radical (unpaired) electrons. The third-order valence-electron chi connectivity index (χ3n) is 4.04. The van der Waals surface area contributed by atoms with E-state index in [9.17, 15) is 13.2 Å². The lowest BCUT2D eigenvalue weighted by Crippen LogP contribution is -2.31. The second-order valence-electron chi connectivity index (χ2n) is 5.71. The molecule has 1 amide bonds. The van der Waals surface area contributed by atoms with Crippen LogP contribution < -0.4 is 5.32 Å². The first-order chi connectivity index (χ1) is 10.0. The first-order valence-corrected chi connectivity index (χ1v) is 9.22. The summed E-state index contributed by atoms with van der Waals surface area (Å²) in [6.45, 7) is 2.23. The first-order valence-electron chi connectivity index (χ1n) is 7.57. The molecule has 1 aromatic rings. The zero-order valence-corrected chi connectivity index (χ0v) is 13.3. The Kier molecular flexibility index (Phi) is 5.39. The summed E-state index contributed by atoms with van der Waals surface area (Å²) in [6, 6.07) is 7.01. The van der Waals surface area contributed by atoms with E-state index in [1.807, 2.05) is 6.07 Å². The second kappa shape index (κ2) is 7.07. The normalized spacial score (nSPS) is 16.0. The van der Waals surface area contributed by atoms with Gasteiger partial charge < -0.3 is 5.32 Å². The van der Waals surface area contributed by atoms with Crippen LogP contribution in [0, 0.1) is 12.8 Å². The molecule has 2 rings (SSSR count). The SMILES string of the molecule is Cc1ccccc1S(=O)(=O)CCCNC(=O)C1CCCC1. The first kappa shape index (κ1) is 16.0. The van der Waals surface area contributed by atoms with Gasteiger partial charge in [-0.2, -0.15) is 0 Å². The summed E-state index contributed by atoms with van der Waals surface area (Å²) in [7, 11) is -3.26. The van der Waals surface area contributed by atoms with Crippen molar-refractivity contribution in [2.45, 2.75) is 43.9 Å². The van der Waals surface area contributed by atoms with E-state index in [0.717, 1.165) is 31.2 Å². The number of carbonyl (C=O) groups excluding carboxylic acids is 1. The fourth-order valence-electron chi connectivity index (χ4n) is 2.82. The summed E-state index contributed by atoms with van der Waals surface area (Å²) in [6.07, 6.45) is 4.63. The Morgan fingerprint density at radius 2 is 1.90 bits per heavy atom. The van der Waals surface area contributed by atoms with E-state index in [4.69, 9.17) is 0 Å². The highest BCUT2D eigenvalue weighted by molar-refractivity contribution is 7.91. The molecule has 4 nitrogen and oxygen atoms in total. The molecular weight excluding hydrogens is 286 g/mol. The summed E-state index contributed by atoms with van der Waals surface area (Å²) in [5.74, 6) is 0.293. The van der Waals surface area contributed by atoms with Crippen LogP contribution in [-0.4, -0.2) is 26.6 Å². The zero-order valence-electron chi connectivity index (χ0n) is 12.5. The fraction of sp³-hybridized carbons (Fsp3) is 0.562. The molecule has 1 aromatic carbocycles. The highest BCUT2D eigenvalue weighted by Gasteiger charge is 2.22. The lowest BCUT2D eigenvalue weighted by atomic mass is 10.1. The summed E-state index contributed by atoms with van der Waals surface area (Å²) < 4.78 is 24.5. The quantitative estimate of drug-likeness (QED) is 0.821. The van der Waals surface area contributed by atoms with Crippen molar-refractivity contribution >= 4 is 15.7 Å². The molecule has 0 spiro atoms. The molecule has 1 aliphatic carbocycles. The Bertz CT molecular complexity index is 589. The minimum atomic E-state index is -3.26. The van der Waals surface area contributed by atoms with E-state index in [-0.39, 0.29) is 17.6 Å². The van der Waals surface area contributed by atoms with Gasteiger partial charge in [0.15, 0.2) is 9.84 Å². The van der Waals surface area contributed by atoms with Gasteiger partial charge >= 0.3 is 0 Å². The number of hydrogen-bond acceptors (Lipinski definition) is 3. The molecule has 1 N–H and O–H groups in total. The number of sulfone groups is 1. The molecule has 21 heavy (non-hydrogen) atoms. The Morgan fingerprint density at radius 1 is 1.24 bits per heavy atom. The number of aryl methyl sites for hydroxylation is 1. The molecular formula is C16H23NO3S. The molecule has 1 aliphatic rings. The van der Waals surface area contributed by atoms with Crippen LogP contribution in [0.2, 0.25) is 0 Å². The summed E-state index contributed by atoms with van der Waals surface area (Å²) >= 11 is 0. The molecule has 5 heteroatoms. The van der Waals surface area contributed by atoms with Crippen LogP contribution in [0.5, 0.6) is 0 Å². The molecule has 116 valence electrons. The van der Waals surface area contributed by atoms with Crippen molar-refractivity contribution in [3.63, 3.8) is 0 Å². The van der Waals surface area contributed by atoms with Crippen LogP contribution in [-0.2, 0) is 14.6 Å². The smallest absolute Gasteiger partial charge is 0.223 e. The predicted molar refractivity (Wildman–Crippen MR) is 82.8 cm³/mol.